The standard InChI is InChI=1S/C12H15FO2.2C7H7FO.CH3NS/c13-11-4-1-3-10(7-11)8-14-9-12-5-2-6-15-12;2*8-7-3-1-2-6(4-7)5-9;2-1-3/h1,3-4,7,12H,2,5-6,8-9H2;2*1-4,9H,5H2;1H,(H2,2,3)/t12-;;;/m0.../s1. The van der Waals surface area contributed by atoms with Gasteiger partial charge in [-0.2, -0.15) is 0 Å². The molecule has 4 rings (SSSR count). The number of halogens is 3. The van der Waals surface area contributed by atoms with Crippen LogP contribution in [0.2, 0.25) is 0 Å². The van der Waals surface area contributed by atoms with Crippen LogP contribution >= 0.6 is 12.2 Å². The zero-order valence-corrected chi connectivity index (χ0v) is 20.7. The van der Waals surface area contributed by atoms with Crippen LogP contribution in [-0.2, 0) is 29.3 Å². The maximum atomic E-state index is 12.8. The topological polar surface area (TPSA) is 84.9 Å². The summed E-state index contributed by atoms with van der Waals surface area (Å²) in [7, 11) is 0. The molecule has 4 N–H and O–H groups in total. The third-order valence-electron chi connectivity index (χ3n) is 4.63. The molecule has 1 atom stereocenters. The normalized spacial score (nSPS) is 13.8. The number of rotatable bonds is 6. The highest BCUT2D eigenvalue weighted by atomic mass is 32.1. The van der Waals surface area contributed by atoms with Crippen molar-refractivity contribution in [1.29, 1.82) is 0 Å². The van der Waals surface area contributed by atoms with Gasteiger partial charge in [0.05, 0.1) is 38.0 Å². The van der Waals surface area contributed by atoms with Crippen LogP contribution < -0.4 is 5.73 Å². The fraction of sp³-hybridized carbons (Fsp3) is 0.296. The summed E-state index contributed by atoms with van der Waals surface area (Å²) in [5, 5.41) is 17.0. The fourth-order valence-corrected chi connectivity index (χ4v) is 2.98. The first-order valence-electron chi connectivity index (χ1n) is 11.2. The van der Waals surface area contributed by atoms with Gasteiger partial charge in [0, 0.05) is 6.61 Å². The molecule has 1 saturated heterocycles. The lowest BCUT2D eigenvalue weighted by Gasteiger charge is -2.09. The van der Waals surface area contributed by atoms with E-state index < -0.39 is 0 Å². The molecule has 0 spiro atoms. The minimum absolute atomic E-state index is 0.0994. The predicted molar refractivity (Wildman–Crippen MR) is 138 cm³/mol. The Bertz CT molecular complexity index is 959. The predicted octanol–water partition coefficient (Wildman–Crippen LogP) is 5.06. The van der Waals surface area contributed by atoms with E-state index in [4.69, 9.17) is 19.7 Å². The Balaban J connectivity index is 0.000000268. The van der Waals surface area contributed by atoms with E-state index in [2.05, 4.69) is 18.0 Å². The lowest BCUT2D eigenvalue weighted by Crippen LogP contribution is -2.13. The lowest BCUT2D eigenvalue weighted by molar-refractivity contribution is 0.0105. The summed E-state index contributed by atoms with van der Waals surface area (Å²) < 4.78 is 48.2. The van der Waals surface area contributed by atoms with E-state index in [1.807, 2.05) is 6.07 Å². The van der Waals surface area contributed by atoms with Crippen LogP contribution in [0.25, 0.3) is 0 Å². The number of nitrogens with two attached hydrogens (primary N) is 1. The maximum absolute atomic E-state index is 12.8. The summed E-state index contributed by atoms with van der Waals surface area (Å²) in [6.45, 7) is 1.71. The van der Waals surface area contributed by atoms with Crippen LogP contribution in [0.3, 0.4) is 0 Å². The molecule has 1 heterocycles. The minimum atomic E-state index is -0.304. The van der Waals surface area contributed by atoms with Crippen molar-refractivity contribution in [1.82, 2.24) is 0 Å². The fourth-order valence-electron chi connectivity index (χ4n) is 2.98. The average molecular weight is 524 g/mol. The van der Waals surface area contributed by atoms with Gasteiger partial charge in [-0.25, -0.2) is 13.2 Å². The quantitative estimate of drug-likeness (QED) is 0.392. The van der Waals surface area contributed by atoms with Gasteiger partial charge in [-0.15, -0.1) is 0 Å². The van der Waals surface area contributed by atoms with Crippen molar-refractivity contribution >= 4 is 17.7 Å². The molecule has 196 valence electrons. The number of thiocarbonyl (C=S) groups is 1. The van der Waals surface area contributed by atoms with Crippen molar-refractivity contribution in [3.8, 4) is 0 Å². The van der Waals surface area contributed by atoms with Crippen LogP contribution in [0.5, 0.6) is 0 Å². The number of benzene rings is 3. The first kappa shape index (κ1) is 31.2. The third kappa shape index (κ3) is 14.6. The van der Waals surface area contributed by atoms with E-state index in [0.29, 0.717) is 24.3 Å². The molecule has 1 aliphatic rings. The molecule has 9 heteroatoms. The zero-order valence-electron chi connectivity index (χ0n) is 19.9. The van der Waals surface area contributed by atoms with Gasteiger partial charge >= 0.3 is 0 Å². The van der Waals surface area contributed by atoms with Crippen molar-refractivity contribution in [3.05, 3.63) is 107 Å². The Hall–Kier alpha value is -2.82. The molecular weight excluding hydrogens is 491 g/mol. The monoisotopic (exact) mass is 523 g/mol. The van der Waals surface area contributed by atoms with E-state index in [0.717, 1.165) is 30.5 Å². The van der Waals surface area contributed by atoms with Gasteiger partial charge in [-0.1, -0.05) is 48.6 Å². The molecule has 0 unspecified atom stereocenters. The molecule has 0 bridgehead atoms. The number of ether oxygens (including phenoxy) is 2. The summed E-state index contributed by atoms with van der Waals surface area (Å²) in [6.07, 6.45) is 2.43. The molecule has 0 saturated carbocycles. The van der Waals surface area contributed by atoms with Gasteiger partial charge in [0.1, 0.15) is 17.5 Å². The molecule has 36 heavy (non-hydrogen) atoms. The van der Waals surface area contributed by atoms with Crippen LogP contribution in [0.1, 0.15) is 29.5 Å². The highest BCUT2D eigenvalue weighted by molar-refractivity contribution is 7.78. The van der Waals surface area contributed by atoms with Crippen molar-refractivity contribution in [2.24, 2.45) is 5.73 Å². The SMILES string of the molecule is Fc1cccc(COC[C@@H]2CCCO2)c1.NC=S.OCc1cccc(F)c1.OCc1cccc(F)c1. The summed E-state index contributed by atoms with van der Waals surface area (Å²) in [6, 6.07) is 18.3. The molecule has 3 aromatic carbocycles. The van der Waals surface area contributed by atoms with Crippen molar-refractivity contribution in [2.75, 3.05) is 13.2 Å². The van der Waals surface area contributed by atoms with Crippen molar-refractivity contribution in [3.63, 3.8) is 0 Å². The van der Waals surface area contributed by atoms with Crippen LogP contribution in [-0.4, -0.2) is 35.0 Å². The second-order valence-corrected chi connectivity index (χ2v) is 7.76. The van der Waals surface area contributed by atoms with Gasteiger partial charge in [-0.05, 0) is 65.9 Å². The van der Waals surface area contributed by atoms with Crippen LogP contribution in [0.4, 0.5) is 13.2 Å². The van der Waals surface area contributed by atoms with Gasteiger partial charge in [0.15, 0.2) is 0 Å². The molecular formula is C27H32F3NO4S. The van der Waals surface area contributed by atoms with Crippen LogP contribution in [0, 0.1) is 17.5 Å². The Morgan fingerprint density at radius 1 is 0.861 bits per heavy atom. The molecule has 0 aliphatic carbocycles. The molecule has 0 aromatic heterocycles. The Morgan fingerprint density at radius 2 is 1.31 bits per heavy atom. The van der Waals surface area contributed by atoms with E-state index >= 15 is 0 Å². The molecule has 1 aliphatic heterocycles. The van der Waals surface area contributed by atoms with Gasteiger partial charge < -0.3 is 25.4 Å². The number of hydrogen-bond acceptors (Lipinski definition) is 5. The Morgan fingerprint density at radius 3 is 1.67 bits per heavy atom. The summed E-state index contributed by atoms with van der Waals surface area (Å²) in [5.41, 5.74) is 7.70. The minimum Gasteiger partial charge on any atom is -0.396 e. The van der Waals surface area contributed by atoms with Gasteiger partial charge in [0.2, 0.25) is 0 Å². The second kappa shape index (κ2) is 19.4. The third-order valence-corrected chi connectivity index (χ3v) is 4.63. The molecule has 0 radical (unpaired) electrons. The van der Waals surface area contributed by atoms with E-state index in [-0.39, 0.29) is 36.8 Å². The van der Waals surface area contributed by atoms with Crippen molar-refractivity contribution < 1.29 is 32.9 Å². The molecule has 0 amide bonds. The zero-order chi connectivity index (χ0) is 26.6. The highest BCUT2D eigenvalue weighted by Crippen LogP contribution is 2.13. The Labute approximate surface area is 215 Å². The number of hydrogen-bond donors (Lipinski definition) is 3. The number of aliphatic hydroxyl groups excluding tert-OH is 2. The largest absolute Gasteiger partial charge is 0.396 e. The summed E-state index contributed by atoms with van der Waals surface area (Å²) in [4.78, 5) is 0. The molecule has 1 fully saturated rings. The average Bonchev–Trinajstić information content (AvgIpc) is 3.39. The first-order chi connectivity index (χ1) is 17.4. The van der Waals surface area contributed by atoms with Crippen molar-refractivity contribution in [2.45, 2.75) is 38.8 Å². The number of aliphatic hydroxyl groups is 2. The summed E-state index contributed by atoms with van der Waals surface area (Å²) in [5.74, 6) is -0.823. The maximum Gasteiger partial charge on any atom is 0.123 e. The van der Waals surface area contributed by atoms with E-state index in [1.165, 1.54) is 36.4 Å². The molecule has 3 aromatic rings. The van der Waals surface area contributed by atoms with Crippen LogP contribution in [0.15, 0.2) is 72.8 Å². The first-order valence-corrected chi connectivity index (χ1v) is 11.7. The smallest absolute Gasteiger partial charge is 0.123 e. The second-order valence-electron chi connectivity index (χ2n) is 7.49. The Kier molecular flexibility index (Phi) is 16.8. The van der Waals surface area contributed by atoms with Gasteiger partial charge in [-0.3, -0.25) is 0 Å². The van der Waals surface area contributed by atoms with E-state index in [1.54, 1.807) is 30.3 Å². The highest BCUT2D eigenvalue weighted by Gasteiger charge is 2.15. The summed E-state index contributed by atoms with van der Waals surface area (Å²) >= 11 is 4.05. The van der Waals surface area contributed by atoms with E-state index in [9.17, 15) is 13.2 Å². The van der Waals surface area contributed by atoms with Gasteiger partial charge in [0.25, 0.3) is 0 Å². The lowest BCUT2D eigenvalue weighted by atomic mass is 10.2. The molecule has 5 nitrogen and oxygen atoms in total.